The fraction of sp³-hybridized carbons (Fsp3) is 0.357. The minimum absolute atomic E-state index is 0.116. The zero-order valence-corrected chi connectivity index (χ0v) is 12.4. The predicted molar refractivity (Wildman–Crippen MR) is 79.8 cm³/mol. The highest BCUT2D eigenvalue weighted by molar-refractivity contribution is 9.09. The van der Waals surface area contributed by atoms with Gasteiger partial charge in [0.2, 0.25) is 0 Å². The molecular weight excluding hydrogens is 308 g/mol. The Morgan fingerprint density at radius 3 is 2.74 bits per heavy atom. The summed E-state index contributed by atoms with van der Waals surface area (Å²) in [4.78, 5) is 15.5. The van der Waals surface area contributed by atoms with Crippen LogP contribution in [0.25, 0.3) is 10.9 Å². The van der Waals surface area contributed by atoms with Crippen LogP contribution in [0.5, 0.6) is 0 Å². The Labute approximate surface area is 120 Å². The van der Waals surface area contributed by atoms with Gasteiger partial charge >= 0.3 is 0 Å². The number of halogens is 1. The molecule has 4 nitrogen and oxygen atoms in total. The van der Waals surface area contributed by atoms with Gasteiger partial charge in [0.25, 0.3) is 5.69 Å². The molecule has 100 valence electrons. The number of nitro groups is 1. The number of fused-ring (bicyclic) bond motifs is 1. The molecule has 19 heavy (non-hydrogen) atoms. The van der Waals surface area contributed by atoms with E-state index in [4.69, 9.17) is 0 Å². The van der Waals surface area contributed by atoms with Crippen LogP contribution in [0.4, 0.5) is 5.69 Å². The van der Waals surface area contributed by atoms with Crippen LogP contribution >= 0.6 is 15.9 Å². The van der Waals surface area contributed by atoms with Crippen LogP contribution in [-0.4, -0.2) is 14.7 Å². The number of rotatable bonds is 4. The third-order valence-corrected chi connectivity index (χ3v) is 4.00. The van der Waals surface area contributed by atoms with Gasteiger partial charge in [0.05, 0.1) is 15.8 Å². The summed E-state index contributed by atoms with van der Waals surface area (Å²) in [5, 5.41) is 12.0. The minimum atomic E-state index is -0.294. The van der Waals surface area contributed by atoms with E-state index in [9.17, 15) is 10.1 Å². The molecule has 2 atom stereocenters. The SMILES string of the molecule is CCC(c1ccc2ncccc2c1[N+](=O)[O-])C(C)Br. The van der Waals surface area contributed by atoms with Gasteiger partial charge < -0.3 is 0 Å². The van der Waals surface area contributed by atoms with Crippen molar-refractivity contribution in [1.82, 2.24) is 4.98 Å². The molecule has 0 amide bonds. The first-order valence-corrected chi connectivity index (χ1v) is 7.14. The molecule has 0 N–H and O–H groups in total. The summed E-state index contributed by atoms with van der Waals surface area (Å²) in [6, 6.07) is 7.18. The molecule has 0 radical (unpaired) electrons. The van der Waals surface area contributed by atoms with Crippen LogP contribution in [0.2, 0.25) is 0 Å². The quantitative estimate of drug-likeness (QED) is 0.475. The third-order valence-electron chi connectivity index (χ3n) is 3.36. The molecule has 0 fully saturated rings. The predicted octanol–water partition coefficient (Wildman–Crippen LogP) is 4.42. The maximum atomic E-state index is 11.4. The fourth-order valence-corrected chi connectivity index (χ4v) is 3.11. The van der Waals surface area contributed by atoms with Crippen molar-refractivity contribution in [3.63, 3.8) is 0 Å². The topological polar surface area (TPSA) is 56.0 Å². The molecule has 0 aliphatic rings. The molecule has 0 aliphatic heterocycles. The van der Waals surface area contributed by atoms with Gasteiger partial charge in [-0.1, -0.05) is 29.8 Å². The Balaban J connectivity index is 2.74. The average molecular weight is 323 g/mol. The summed E-state index contributed by atoms with van der Waals surface area (Å²) in [6.45, 7) is 4.06. The normalized spacial score (nSPS) is 14.3. The first-order valence-electron chi connectivity index (χ1n) is 6.22. The van der Waals surface area contributed by atoms with Crippen LogP contribution in [-0.2, 0) is 0 Å². The maximum Gasteiger partial charge on any atom is 0.282 e. The van der Waals surface area contributed by atoms with Gasteiger partial charge in [-0.15, -0.1) is 0 Å². The standard InChI is InChI=1S/C14H15BrN2O2/c1-3-10(9(2)15)11-6-7-13-12(5-4-8-16-13)14(11)17(18)19/h4-10H,3H2,1-2H3. The Kier molecular flexibility index (Phi) is 4.14. The lowest BCUT2D eigenvalue weighted by Gasteiger charge is -2.18. The average Bonchev–Trinajstić information content (AvgIpc) is 2.38. The van der Waals surface area contributed by atoms with Crippen LogP contribution in [0.1, 0.15) is 31.7 Å². The van der Waals surface area contributed by atoms with Gasteiger partial charge in [-0.2, -0.15) is 0 Å². The van der Waals surface area contributed by atoms with Gasteiger partial charge in [0, 0.05) is 22.5 Å². The Morgan fingerprint density at radius 2 is 2.16 bits per heavy atom. The highest BCUT2D eigenvalue weighted by Gasteiger charge is 2.26. The molecular formula is C14H15BrN2O2. The summed E-state index contributed by atoms with van der Waals surface area (Å²) in [6.07, 6.45) is 2.50. The Hall–Kier alpha value is -1.49. The zero-order chi connectivity index (χ0) is 14.0. The van der Waals surface area contributed by atoms with Crippen molar-refractivity contribution >= 4 is 32.5 Å². The first kappa shape index (κ1) is 13.9. The monoisotopic (exact) mass is 322 g/mol. The van der Waals surface area contributed by atoms with Crippen molar-refractivity contribution in [3.8, 4) is 0 Å². The number of aromatic nitrogens is 1. The van der Waals surface area contributed by atoms with E-state index >= 15 is 0 Å². The molecule has 0 bridgehead atoms. The molecule has 0 spiro atoms. The lowest BCUT2D eigenvalue weighted by molar-refractivity contribution is -0.383. The van der Waals surface area contributed by atoms with E-state index in [1.807, 2.05) is 26.0 Å². The van der Waals surface area contributed by atoms with Gasteiger partial charge in [0.15, 0.2) is 0 Å². The second-order valence-electron chi connectivity index (χ2n) is 4.52. The van der Waals surface area contributed by atoms with Gasteiger partial charge in [-0.05, 0) is 30.7 Å². The highest BCUT2D eigenvalue weighted by Crippen LogP contribution is 2.38. The number of nitrogens with zero attached hydrogens (tertiary/aromatic N) is 2. The second-order valence-corrected chi connectivity index (χ2v) is 5.97. The summed E-state index contributed by atoms with van der Waals surface area (Å²) < 4.78 is 0. The molecule has 0 saturated heterocycles. The van der Waals surface area contributed by atoms with Gasteiger partial charge in [0.1, 0.15) is 0 Å². The summed E-state index contributed by atoms with van der Waals surface area (Å²) in [5.74, 6) is 0.116. The number of alkyl halides is 1. The lowest BCUT2D eigenvalue weighted by atomic mass is 9.91. The number of hydrogen-bond acceptors (Lipinski definition) is 3. The molecule has 0 saturated carbocycles. The van der Waals surface area contributed by atoms with E-state index in [1.165, 1.54) is 0 Å². The lowest BCUT2D eigenvalue weighted by Crippen LogP contribution is -2.10. The number of hydrogen-bond donors (Lipinski definition) is 0. The van der Waals surface area contributed by atoms with E-state index in [1.54, 1.807) is 18.3 Å². The van der Waals surface area contributed by atoms with Crippen LogP contribution in [0.15, 0.2) is 30.5 Å². The Bertz CT molecular complexity index is 613. The highest BCUT2D eigenvalue weighted by atomic mass is 79.9. The van der Waals surface area contributed by atoms with Crippen molar-refractivity contribution in [2.45, 2.75) is 31.0 Å². The Morgan fingerprint density at radius 1 is 1.42 bits per heavy atom. The maximum absolute atomic E-state index is 11.4. The molecule has 5 heteroatoms. The van der Waals surface area contributed by atoms with E-state index < -0.39 is 0 Å². The number of benzene rings is 1. The minimum Gasteiger partial charge on any atom is -0.258 e. The largest absolute Gasteiger partial charge is 0.282 e. The van der Waals surface area contributed by atoms with Crippen molar-refractivity contribution in [2.24, 2.45) is 0 Å². The summed E-state index contributed by atoms with van der Waals surface area (Å²) >= 11 is 3.55. The van der Waals surface area contributed by atoms with Gasteiger partial charge in [-0.3, -0.25) is 15.1 Å². The fourth-order valence-electron chi connectivity index (χ4n) is 2.45. The summed E-state index contributed by atoms with van der Waals surface area (Å²) in [7, 11) is 0. The molecule has 1 aromatic heterocycles. The molecule has 1 aromatic carbocycles. The smallest absolute Gasteiger partial charge is 0.258 e. The van der Waals surface area contributed by atoms with Gasteiger partial charge in [-0.25, -0.2) is 0 Å². The first-order chi connectivity index (χ1) is 9.06. The zero-order valence-electron chi connectivity index (χ0n) is 10.8. The van der Waals surface area contributed by atoms with Crippen LogP contribution in [0, 0.1) is 10.1 Å². The van der Waals surface area contributed by atoms with E-state index in [-0.39, 0.29) is 21.4 Å². The summed E-state index contributed by atoms with van der Waals surface area (Å²) in [5.41, 5.74) is 1.62. The van der Waals surface area contributed by atoms with E-state index in [2.05, 4.69) is 20.9 Å². The molecule has 0 aliphatic carbocycles. The molecule has 2 rings (SSSR count). The van der Waals surface area contributed by atoms with Crippen LogP contribution < -0.4 is 0 Å². The number of nitro benzene ring substituents is 1. The molecule has 2 aromatic rings. The van der Waals surface area contributed by atoms with Crippen LogP contribution in [0.3, 0.4) is 0 Å². The van der Waals surface area contributed by atoms with Crippen molar-refractivity contribution in [2.75, 3.05) is 0 Å². The molecule has 2 unspecified atom stereocenters. The van der Waals surface area contributed by atoms with Crippen molar-refractivity contribution in [3.05, 3.63) is 46.1 Å². The third kappa shape index (κ3) is 2.61. The van der Waals surface area contributed by atoms with E-state index in [0.717, 1.165) is 12.0 Å². The number of pyridine rings is 1. The van der Waals surface area contributed by atoms with E-state index in [0.29, 0.717) is 10.9 Å². The van der Waals surface area contributed by atoms with Crippen molar-refractivity contribution < 1.29 is 4.92 Å². The molecule has 1 heterocycles. The second kappa shape index (κ2) is 5.65. The van der Waals surface area contributed by atoms with Crippen molar-refractivity contribution in [1.29, 1.82) is 0 Å².